The van der Waals surface area contributed by atoms with Crippen LogP contribution in [0, 0.1) is 12.3 Å². The Hall–Kier alpha value is -1.17. The lowest BCUT2D eigenvalue weighted by Gasteiger charge is -2.37. The zero-order chi connectivity index (χ0) is 10.9. The normalized spacial score (nSPS) is 18.2. The maximum atomic E-state index is 11.1. The van der Waals surface area contributed by atoms with Gasteiger partial charge in [-0.1, -0.05) is 17.8 Å². The van der Waals surface area contributed by atoms with Crippen LogP contribution in [0.2, 0.25) is 0 Å². The molecule has 0 spiro atoms. The highest BCUT2D eigenvalue weighted by Gasteiger charge is 2.44. The van der Waals surface area contributed by atoms with Gasteiger partial charge in [-0.15, -0.1) is 10.2 Å². The summed E-state index contributed by atoms with van der Waals surface area (Å²) in [6.45, 7) is 2.33. The van der Waals surface area contributed by atoms with E-state index >= 15 is 0 Å². The van der Waals surface area contributed by atoms with Crippen molar-refractivity contribution in [3.63, 3.8) is 0 Å². The Balaban J connectivity index is 1.95. The van der Waals surface area contributed by atoms with Gasteiger partial charge in [0, 0.05) is 6.54 Å². The summed E-state index contributed by atoms with van der Waals surface area (Å²) in [5.41, 5.74) is -0.570. The highest BCUT2D eigenvalue weighted by molar-refractivity contribution is 7.15. The van der Waals surface area contributed by atoms with Gasteiger partial charge in [-0.2, -0.15) is 0 Å². The molecule has 0 aliphatic heterocycles. The van der Waals surface area contributed by atoms with Crippen LogP contribution in [-0.2, 0) is 4.79 Å². The maximum Gasteiger partial charge on any atom is 0.311 e. The van der Waals surface area contributed by atoms with E-state index in [0.717, 1.165) is 24.3 Å². The number of carboxylic acid groups (broad SMARTS) is 1. The molecule has 15 heavy (non-hydrogen) atoms. The number of aryl methyl sites for hydroxylation is 1. The van der Waals surface area contributed by atoms with Crippen molar-refractivity contribution in [2.45, 2.75) is 26.2 Å². The first kappa shape index (κ1) is 10.4. The van der Waals surface area contributed by atoms with E-state index in [1.165, 1.54) is 11.3 Å². The number of anilines is 1. The average Bonchev–Trinajstić information content (AvgIpc) is 2.49. The van der Waals surface area contributed by atoms with Crippen molar-refractivity contribution in [3.05, 3.63) is 5.01 Å². The number of carboxylic acids is 1. The Bertz CT molecular complexity index is 373. The molecule has 5 nitrogen and oxygen atoms in total. The summed E-state index contributed by atoms with van der Waals surface area (Å²) in [7, 11) is 0. The molecule has 1 aliphatic rings. The molecule has 1 aromatic heterocycles. The van der Waals surface area contributed by atoms with Crippen LogP contribution in [0.3, 0.4) is 0 Å². The molecule has 1 fully saturated rings. The summed E-state index contributed by atoms with van der Waals surface area (Å²) < 4.78 is 0. The monoisotopic (exact) mass is 227 g/mol. The zero-order valence-electron chi connectivity index (χ0n) is 8.49. The fourth-order valence-corrected chi connectivity index (χ4v) is 2.27. The van der Waals surface area contributed by atoms with Crippen LogP contribution in [0.25, 0.3) is 0 Å². The number of hydrogen-bond acceptors (Lipinski definition) is 5. The lowest BCUT2D eigenvalue weighted by atomic mass is 9.69. The number of rotatable bonds is 4. The molecule has 2 N–H and O–H groups in total. The third kappa shape index (κ3) is 1.94. The van der Waals surface area contributed by atoms with Gasteiger partial charge in [0.1, 0.15) is 5.01 Å². The van der Waals surface area contributed by atoms with Crippen molar-refractivity contribution in [2.75, 3.05) is 11.9 Å². The molecular formula is C9H13N3O2S. The van der Waals surface area contributed by atoms with Crippen LogP contribution < -0.4 is 5.32 Å². The van der Waals surface area contributed by atoms with Crippen molar-refractivity contribution < 1.29 is 9.90 Å². The molecule has 0 radical (unpaired) electrons. The van der Waals surface area contributed by atoms with Crippen molar-refractivity contribution in [1.82, 2.24) is 10.2 Å². The van der Waals surface area contributed by atoms with Crippen LogP contribution in [0.5, 0.6) is 0 Å². The van der Waals surface area contributed by atoms with Crippen LogP contribution in [0.4, 0.5) is 5.13 Å². The van der Waals surface area contributed by atoms with Gasteiger partial charge in [-0.05, 0) is 19.8 Å². The Morgan fingerprint density at radius 1 is 1.60 bits per heavy atom. The van der Waals surface area contributed by atoms with E-state index in [9.17, 15) is 4.79 Å². The molecule has 1 heterocycles. The quantitative estimate of drug-likeness (QED) is 0.815. The first-order valence-corrected chi connectivity index (χ1v) is 5.71. The second-order valence-corrected chi connectivity index (χ2v) is 5.10. The van der Waals surface area contributed by atoms with E-state index in [2.05, 4.69) is 15.5 Å². The molecule has 0 bridgehead atoms. The maximum absolute atomic E-state index is 11.1. The first-order valence-electron chi connectivity index (χ1n) is 4.90. The topological polar surface area (TPSA) is 75.1 Å². The molecule has 82 valence electrons. The van der Waals surface area contributed by atoms with Crippen LogP contribution in [0.15, 0.2) is 0 Å². The fraction of sp³-hybridized carbons (Fsp3) is 0.667. The first-order chi connectivity index (χ1) is 7.12. The van der Waals surface area contributed by atoms with Crippen molar-refractivity contribution in [3.8, 4) is 0 Å². The SMILES string of the molecule is Cc1nnc(NCC2(C(=O)O)CCC2)s1. The Morgan fingerprint density at radius 2 is 2.33 bits per heavy atom. The van der Waals surface area contributed by atoms with Crippen molar-refractivity contribution >= 4 is 22.4 Å². The molecule has 1 saturated carbocycles. The molecular weight excluding hydrogens is 214 g/mol. The number of aliphatic carboxylic acids is 1. The molecule has 0 atom stereocenters. The molecule has 1 aliphatic carbocycles. The van der Waals surface area contributed by atoms with E-state index < -0.39 is 11.4 Å². The van der Waals surface area contributed by atoms with Gasteiger partial charge < -0.3 is 10.4 Å². The summed E-state index contributed by atoms with van der Waals surface area (Å²) in [4.78, 5) is 11.1. The second-order valence-electron chi connectivity index (χ2n) is 3.92. The highest BCUT2D eigenvalue weighted by atomic mass is 32.1. The van der Waals surface area contributed by atoms with Crippen LogP contribution >= 0.6 is 11.3 Å². The molecule has 6 heteroatoms. The lowest BCUT2D eigenvalue weighted by molar-refractivity contribution is -0.153. The Morgan fingerprint density at radius 3 is 2.73 bits per heavy atom. The number of carbonyl (C=O) groups is 1. The zero-order valence-corrected chi connectivity index (χ0v) is 9.30. The Kier molecular flexibility index (Phi) is 2.60. The largest absolute Gasteiger partial charge is 0.481 e. The molecule has 0 aromatic carbocycles. The van der Waals surface area contributed by atoms with E-state index in [4.69, 9.17) is 5.11 Å². The van der Waals surface area contributed by atoms with Crippen LogP contribution in [0.1, 0.15) is 24.3 Å². The average molecular weight is 227 g/mol. The van der Waals surface area contributed by atoms with Gasteiger partial charge >= 0.3 is 5.97 Å². The van der Waals surface area contributed by atoms with Gasteiger partial charge in [0.2, 0.25) is 5.13 Å². The number of hydrogen-bond donors (Lipinski definition) is 2. The summed E-state index contributed by atoms with van der Waals surface area (Å²) in [5.74, 6) is -0.706. The highest BCUT2D eigenvalue weighted by Crippen LogP contribution is 2.41. The van der Waals surface area contributed by atoms with Gasteiger partial charge in [0.15, 0.2) is 0 Å². The summed E-state index contributed by atoms with van der Waals surface area (Å²) in [5, 5.41) is 21.5. The summed E-state index contributed by atoms with van der Waals surface area (Å²) in [6, 6.07) is 0. The molecule has 0 amide bonds. The third-order valence-corrected chi connectivity index (χ3v) is 3.66. The second kappa shape index (κ2) is 3.77. The van der Waals surface area contributed by atoms with E-state index in [1.807, 2.05) is 6.92 Å². The van der Waals surface area contributed by atoms with Gasteiger partial charge in [0.05, 0.1) is 5.41 Å². The summed E-state index contributed by atoms with van der Waals surface area (Å²) >= 11 is 1.45. The van der Waals surface area contributed by atoms with Gasteiger partial charge in [-0.3, -0.25) is 4.79 Å². The minimum absolute atomic E-state index is 0.455. The van der Waals surface area contributed by atoms with E-state index in [-0.39, 0.29) is 0 Å². The van der Waals surface area contributed by atoms with E-state index in [0.29, 0.717) is 11.7 Å². The molecule has 1 aromatic rings. The predicted molar refractivity (Wildman–Crippen MR) is 57.1 cm³/mol. The minimum Gasteiger partial charge on any atom is -0.481 e. The Labute approximate surface area is 91.5 Å². The van der Waals surface area contributed by atoms with Crippen molar-refractivity contribution in [2.24, 2.45) is 5.41 Å². The molecule has 0 saturated heterocycles. The number of nitrogens with one attached hydrogen (secondary N) is 1. The number of nitrogens with zero attached hydrogens (tertiary/aromatic N) is 2. The standard InChI is InChI=1S/C9H13N3O2S/c1-6-11-12-8(15-6)10-5-9(7(13)14)3-2-4-9/h2-5H2,1H3,(H,10,12)(H,13,14). The lowest BCUT2D eigenvalue weighted by Crippen LogP contribution is -2.43. The van der Waals surface area contributed by atoms with Gasteiger partial charge in [-0.25, -0.2) is 0 Å². The summed E-state index contributed by atoms with van der Waals surface area (Å²) in [6.07, 6.45) is 2.52. The van der Waals surface area contributed by atoms with Gasteiger partial charge in [0.25, 0.3) is 0 Å². The smallest absolute Gasteiger partial charge is 0.311 e. The van der Waals surface area contributed by atoms with E-state index in [1.54, 1.807) is 0 Å². The predicted octanol–water partition coefficient (Wildman–Crippen LogP) is 1.51. The number of aromatic nitrogens is 2. The van der Waals surface area contributed by atoms with Crippen LogP contribution in [-0.4, -0.2) is 27.8 Å². The van der Waals surface area contributed by atoms with Crippen molar-refractivity contribution in [1.29, 1.82) is 0 Å². The third-order valence-electron chi connectivity index (χ3n) is 2.87. The molecule has 0 unspecified atom stereocenters. The fourth-order valence-electron chi connectivity index (χ4n) is 1.68. The minimum atomic E-state index is -0.706. The molecule has 2 rings (SSSR count).